The third-order valence-electron chi connectivity index (χ3n) is 2.85. The van der Waals surface area contributed by atoms with Gasteiger partial charge in [-0.15, -0.1) is 11.8 Å². The summed E-state index contributed by atoms with van der Waals surface area (Å²) >= 11 is 1.74. The molecule has 2 heterocycles. The Labute approximate surface area is 119 Å². The molecule has 0 spiro atoms. The number of nitrogens with two attached hydrogens (primary N) is 1. The Morgan fingerprint density at radius 2 is 2.16 bits per heavy atom. The zero-order valence-electron chi connectivity index (χ0n) is 12.0. The van der Waals surface area contributed by atoms with Crippen molar-refractivity contribution >= 4 is 17.4 Å². The number of rotatable bonds is 3. The Hall–Kier alpha value is -0.940. The van der Waals surface area contributed by atoms with Crippen LogP contribution < -0.4 is 10.5 Å². The lowest BCUT2D eigenvalue weighted by molar-refractivity contribution is 0.124. The van der Waals surface area contributed by atoms with E-state index in [1.165, 1.54) is 0 Å². The number of thioether (sulfide) groups is 1. The summed E-state index contributed by atoms with van der Waals surface area (Å²) in [7, 11) is 0. The van der Waals surface area contributed by atoms with Gasteiger partial charge in [-0.05, 0) is 46.2 Å². The van der Waals surface area contributed by atoms with Gasteiger partial charge in [0.1, 0.15) is 10.6 Å². The lowest BCUT2D eigenvalue weighted by Crippen LogP contribution is -2.24. The maximum Gasteiger partial charge on any atom is 0.238 e. The Morgan fingerprint density at radius 3 is 2.74 bits per heavy atom. The van der Waals surface area contributed by atoms with E-state index in [2.05, 4.69) is 11.9 Å². The third-order valence-corrected chi connectivity index (χ3v) is 4.24. The molecule has 1 fully saturated rings. The Bertz CT molecular complexity index is 446. The minimum Gasteiger partial charge on any atom is -0.470 e. The highest BCUT2D eigenvalue weighted by Crippen LogP contribution is 2.34. The van der Waals surface area contributed by atoms with E-state index in [-0.39, 0.29) is 11.7 Å². The number of pyridine rings is 1. The average molecular weight is 282 g/mol. The van der Waals surface area contributed by atoms with E-state index < -0.39 is 0 Å². The first-order chi connectivity index (χ1) is 8.85. The monoisotopic (exact) mass is 282 g/mol. The lowest BCUT2D eigenvalue weighted by atomic mass is 10.2. The van der Waals surface area contributed by atoms with Crippen molar-refractivity contribution in [2.24, 2.45) is 0 Å². The van der Waals surface area contributed by atoms with Crippen molar-refractivity contribution in [3.63, 3.8) is 0 Å². The first-order valence-electron chi connectivity index (χ1n) is 6.59. The van der Waals surface area contributed by atoms with Crippen molar-refractivity contribution in [3.8, 4) is 5.88 Å². The van der Waals surface area contributed by atoms with Crippen LogP contribution in [0.25, 0.3) is 0 Å². The molecule has 1 aromatic heterocycles. The third kappa shape index (κ3) is 4.01. The van der Waals surface area contributed by atoms with Gasteiger partial charge in [-0.25, -0.2) is 4.98 Å². The second-order valence-electron chi connectivity index (χ2n) is 5.78. The van der Waals surface area contributed by atoms with Crippen LogP contribution >= 0.6 is 11.8 Å². The zero-order valence-corrected chi connectivity index (χ0v) is 12.8. The molecule has 2 N–H and O–H groups in total. The van der Waals surface area contributed by atoms with Crippen LogP contribution in [0.15, 0.2) is 17.2 Å². The van der Waals surface area contributed by atoms with Gasteiger partial charge in [0.2, 0.25) is 5.88 Å². The molecular formula is C14H22N2O2S. The van der Waals surface area contributed by atoms with E-state index in [0.717, 1.165) is 18.1 Å². The quantitative estimate of drug-likeness (QED) is 0.923. The van der Waals surface area contributed by atoms with E-state index in [9.17, 15) is 0 Å². The number of hydrogen-bond acceptors (Lipinski definition) is 5. The van der Waals surface area contributed by atoms with Gasteiger partial charge in [0.15, 0.2) is 0 Å². The summed E-state index contributed by atoms with van der Waals surface area (Å²) in [6, 6.07) is 3.80. The number of nitrogens with zero attached hydrogens (tertiary/aromatic N) is 1. The summed E-state index contributed by atoms with van der Waals surface area (Å²) in [5.41, 5.74) is 6.19. The molecular weight excluding hydrogens is 260 g/mol. The van der Waals surface area contributed by atoms with Crippen molar-refractivity contribution in [3.05, 3.63) is 12.1 Å². The number of ether oxygens (including phenoxy) is 2. The summed E-state index contributed by atoms with van der Waals surface area (Å²) in [5.74, 6) is 0.518. The lowest BCUT2D eigenvalue weighted by Gasteiger charge is -2.22. The maximum absolute atomic E-state index is 5.91. The van der Waals surface area contributed by atoms with Crippen molar-refractivity contribution in [1.29, 1.82) is 0 Å². The average Bonchev–Trinajstić information content (AvgIpc) is 2.67. The molecule has 19 heavy (non-hydrogen) atoms. The van der Waals surface area contributed by atoms with E-state index >= 15 is 0 Å². The van der Waals surface area contributed by atoms with Gasteiger partial charge in [0.05, 0.1) is 11.8 Å². The van der Waals surface area contributed by atoms with Gasteiger partial charge in [-0.1, -0.05) is 0 Å². The fraction of sp³-hybridized carbons (Fsp3) is 0.643. The summed E-state index contributed by atoms with van der Waals surface area (Å²) in [6.07, 6.45) is 1.34. The fourth-order valence-electron chi connectivity index (χ4n) is 1.89. The van der Waals surface area contributed by atoms with Crippen molar-refractivity contribution in [2.75, 3.05) is 12.3 Å². The number of anilines is 1. The summed E-state index contributed by atoms with van der Waals surface area (Å²) in [6.45, 7) is 8.90. The molecule has 0 amide bonds. The van der Waals surface area contributed by atoms with Crippen molar-refractivity contribution in [2.45, 2.75) is 56.1 Å². The Balaban J connectivity index is 2.11. The minimum atomic E-state index is -0.297. The molecule has 2 atom stereocenters. The smallest absolute Gasteiger partial charge is 0.238 e. The summed E-state index contributed by atoms with van der Waals surface area (Å²) in [5, 5.41) is 1.40. The van der Waals surface area contributed by atoms with Crippen LogP contribution in [-0.4, -0.2) is 28.5 Å². The minimum absolute atomic E-state index is 0.274. The molecule has 0 saturated carbocycles. The summed E-state index contributed by atoms with van der Waals surface area (Å²) in [4.78, 5) is 4.52. The largest absolute Gasteiger partial charge is 0.470 e. The SMILES string of the molecule is CC1OCCC1Sc1ccc(N)c(OC(C)(C)C)n1. The number of aromatic nitrogens is 1. The highest BCUT2D eigenvalue weighted by molar-refractivity contribution is 7.99. The molecule has 1 saturated heterocycles. The normalized spacial score (nSPS) is 23.6. The Morgan fingerprint density at radius 1 is 1.42 bits per heavy atom. The fourth-order valence-corrected chi connectivity index (χ4v) is 2.97. The van der Waals surface area contributed by atoms with Crippen LogP contribution in [0, 0.1) is 0 Å². The van der Waals surface area contributed by atoms with Crippen molar-refractivity contribution < 1.29 is 9.47 Å². The predicted molar refractivity (Wildman–Crippen MR) is 78.7 cm³/mol. The first kappa shape index (κ1) is 14.5. The molecule has 2 rings (SSSR count). The highest BCUT2D eigenvalue weighted by atomic mass is 32.2. The molecule has 0 bridgehead atoms. The number of hydrogen-bond donors (Lipinski definition) is 1. The zero-order chi connectivity index (χ0) is 14.0. The predicted octanol–water partition coefficient (Wildman–Crippen LogP) is 3.11. The van der Waals surface area contributed by atoms with Gasteiger partial charge in [0.25, 0.3) is 0 Å². The molecule has 1 aliphatic heterocycles. The molecule has 2 unspecified atom stereocenters. The van der Waals surface area contributed by atoms with Gasteiger partial charge in [0, 0.05) is 11.9 Å². The van der Waals surface area contributed by atoms with Gasteiger partial charge in [-0.2, -0.15) is 0 Å². The number of nitrogen functional groups attached to an aromatic ring is 1. The van der Waals surface area contributed by atoms with Crippen LogP contribution in [0.1, 0.15) is 34.1 Å². The second kappa shape index (κ2) is 5.59. The molecule has 0 aliphatic carbocycles. The van der Waals surface area contributed by atoms with E-state index in [1.807, 2.05) is 32.9 Å². The van der Waals surface area contributed by atoms with Crippen molar-refractivity contribution in [1.82, 2.24) is 4.98 Å². The standard InChI is InChI=1S/C14H22N2O2S/c1-9-11(7-8-17-9)19-12-6-5-10(15)13(16-12)18-14(2,3)4/h5-6,9,11H,7-8,15H2,1-4H3. The first-order valence-corrected chi connectivity index (χ1v) is 7.47. The van der Waals surface area contributed by atoms with Crippen LogP contribution in [0.5, 0.6) is 5.88 Å². The molecule has 0 radical (unpaired) electrons. The topological polar surface area (TPSA) is 57.4 Å². The Kier molecular flexibility index (Phi) is 4.26. The van der Waals surface area contributed by atoms with Crippen LogP contribution in [0.2, 0.25) is 0 Å². The summed E-state index contributed by atoms with van der Waals surface area (Å²) < 4.78 is 11.4. The van der Waals surface area contributed by atoms with E-state index in [0.29, 0.717) is 16.8 Å². The second-order valence-corrected chi connectivity index (χ2v) is 7.04. The van der Waals surface area contributed by atoms with Crippen LogP contribution in [0.4, 0.5) is 5.69 Å². The van der Waals surface area contributed by atoms with E-state index in [1.54, 1.807) is 11.8 Å². The molecule has 0 aromatic carbocycles. The van der Waals surface area contributed by atoms with Gasteiger partial charge in [-0.3, -0.25) is 0 Å². The molecule has 1 aliphatic rings. The van der Waals surface area contributed by atoms with E-state index in [4.69, 9.17) is 15.2 Å². The van der Waals surface area contributed by atoms with Gasteiger partial charge < -0.3 is 15.2 Å². The maximum atomic E-state index is 5.91. The molecule has 4 nitrogen and oxygen atoms in total. The molecule has 5 heteroatoms. The molecule has 106 valence electrons. The van der Waals surface area contributed by atoms with Crippen LogP contribution in [-0.2, 0) is 4.74 Å². The van der Waals surface area contributed by atoms with Crippen LogP contribution in [0.3, 0.4) is 0 Å². The van der Waals surface area contributed by atoms with Gasteiger partial charge >= 0.3 is 0 Å². The molecule has 1 aromatic rings. The highest BCUT2D eigenvalue weighted by Gasteiger charge is 2.26.